The van der Waals surface area contributed by atoms with Crippen molar-refractivity contribution < 1.29 is 4.74 Å². The highest BCUT2D eigenvalue weighted by atomic mass is 32.2. The molecule has 0 saturated carbocycles. The fourth-order valence-electron chi connectivity index (χ4n) is 1.80. The fraction of sp³-hybridized carbons (Fsp3) is 0.312. The lowest BCUT2D eigenvalue weighted by atomic mass is 10.1. The lowest BCUT2D eigenvalue weighted by Gasteiger charge is -2.10. The van der Waals surface area contributed by atoms with E-state index in [0.29, 0.717) is 6.61 Å². The lowest BCUT2D eigenvalue weighted by molar-refractivity contribution is 0.316. The topological polar surface area (TPSA) is 48.1 Å². The Morgan fingerprint density at radius 3 is 2.90 bits per heavy atom. The monoisotopic (exact) mass is 288 g/mol. The summed E-state index contributed by atoms with van der Waals surface area (Å²) in [6, 6.07) is 10.0. The van der Waals surface area contributed by atoms with E-state index in [1.54, 1.807) is 18.0 Å². The minimum absolute atomic E-state index is 0.712. The second-order valence-electron chi connectivity index (χ2n) is 4.72. The summed E-state index contributed by atoms with van der Waals surface area (Å²) in [5, 5.41) is 0.902. The fourth-order valence-corrected chi connectivity index (χ4v) is 2.62. The molecule has 0 bridgehead atoms. The number of hydrogen-bond donors (Lipinski definition) is 1. The maximum absolute atomic E-state index is 5.85. The van der Waals surface area contributed by atoms with Crippen LogP contribution in [0.3, 0.4) is 0 Å². The molecule has 1 heterocycles. The second kappa shape index (κ2) is 7.20. The van der Waals surface area contributed by atoms with Gasteiger partial charge in [0.15, 0.2) is 0 Å². The number of benzene rings is 1. The summed E-state index contributed by atoms with van der Waals surface area (Å²) in [4.78, 5) is 4.26. The molecule has 0 radical (unpaired) electrons. The molecular formula is C16H20N2OS. The number of hydrogen-bond acceptors (Lipinski definition) is 4. The molecule has 0 unspecified atom stereocenters. The smallest absolute Gasteiger partial charge is 0.122 e. The van der Waals surface area contributed by atoms with Gasteiger partial charge in [0.05, 0.1) is 12.3 Å². The largest absolute Gasteiger partial charge is 0.493 e. The van der Waals surface area contributed by atoms with Crippen LogP contribution in [0.25, 0.3) is 0 Å². The lowest BCUT2D eigenvalue weighted by Crippen LogP contribution is -2.01. The average molecular weight is 288 g/mol. The number of anilines is 1. The Bertz CT molecular complexity index is 572. The van der Waals surface area contributed by atoms with Gasteiger partial charge >= 0.3 is 0 Å². The molecule has 0 saturated heterocycles. The third-order valence-electron chi connectivity index (χ3n) is 2.93. The molecule has 3 nitrogen and oxygen atoms in total. The van der Waals surface area contributed by atoms with Crippen LogP contribution in [0, 0.1) is 13.8 Å². The van der Waals surface area contributed by atoms with Crippen LogP contribution in [-0.2, 0) is 0 Å². The summed E-state index contributed by atoms with van der Waals surface area (Å²) in [6.07, 6.45) is 2.74. The normalized spacial score (nSPS) is 10.5. The molecule has 0 atom stereocenters. The summed E-state index contributed by atoms with van der Waals surface area (Å²) < 4.78 is 5.82. The number of ether oxygens (including phenoxy) is 1. The van der Waals surface area contributed by atoms with Gasteiger partial charge in [-0.3, -0.25) is 0 Å². The van der Waals surface area contributed by atoms with E-state index in [1.807, 2.05) is 12.1 Å². The Morgan fingerprint density at radius 2 is 2.10 bits per heavy atom. The van der Waals surface area contributed by atoms with Crippen molar-refractivity contribution in [3.8, 4) is 5.75 Å². The van der Waals surface area contributed by atoms with Crippen molar-refractivity contribution in [2.75, 3.05) is 18.1 Å². The Kier molecular flexibility index (Phi) is 5.30. The highest BCUT2D eigenvalue weighted by Crippen LogP contribution is 2.23. The van der Waals surface area contributed by atoms with Crippen molar-refractivity contribution in [1.82, 2.24) is 4.98 Å². The number of aromatic nitrogens is 1. The first-order valence-corrected chi connectivity index (χ1v) is 7.69. The highest BCUT2D eigenvalue weighted by Gasteiger charge is 2.02. The van der Waals surface area contributed by atoms with Gasteiger partial charge in [0.1, 0.15) is 10.8 Å². The van der Waals surface area contributed by atoms with Gasteiger partial charge < -0.3 is 10.5 Å². The molecule has 1 aromatic carbocycles. The summed E-state index contributed by atoms with van der Waals surface area (Å²) in [5.41, 5.74) is 8.99. The third-order valence-corrected chi connectivity index (χ3v) is 4.04. The zero-order valence-electron chi connectivity index (χ0n) is 11.9. The van der Waals surface area contributed by atoms with Crippen molar-refractivity contribution in [2.45, 2.75) is 25.3 Å². The molecule has 0 fully saturated rings. The Labute approximate surface area is 124 Å². The van der Waals surface area contributed by atoms with Crippen LogP contribution in [0.5, 0.6) is 5.75 Å². The van der Waals surface area contributed by atoms with E-state index in [1.165, 1.54) is 11.1 Å². The van der Waals surface area contributed by atoms with Gasteiger partial charge in [-0.2, -0.15) is 0 Å². The number of nitrogen functional groups attached to an aromatic ring is 1. The van der Waals surface area contributed by atoms with Gasteiger partial charge in [0, 0.05) is 11.9 Å². The zero-order valence-corrected chi connectivity index (χ0v) is 12.7. The van der Waals surface area contributed by atoms with Crippen LogP contribution in [-0.4, -0.2) is 17.3 Å². The maximum Gasteiger partial charge on any atom is 0.122 e. The molecule has 2 rings (SSSR count). The molecule has 0 aliphatic heterocycles. The molecule has 0 spiro atoms. The van der Waals surface area contributed by atoms with Crippen molar-refractivity contribution in [2.24, 2.45) is 0 Å². The van der Waals surface area contributed by atoms with Crippen molar-refractivity contribution in [1.29, 1.82) is 0 Å². The Balaban J connectivity index is 1.74. The predicted molar refractivity (Wildman–Crippen MR) is 85.4 cm³/mol. The molecule has 20 heavy (non-hydrogen) atoms. The summed E-state index contributed by atoms with van der Waals surface area (Å²) >= 11 is 1.67. The van der Waals surface area contributed by atoms with Crippen LogP contribution in [0.1, 0.15) is 17.5 Å². The van der Waals surface area contributed by atoms with Crippen LogP contribution >= 0.6 is 11.8 Å². The van der Waals surface area contributed by atoms with Gasteiger partial charge in [-0.05, 0) is 49.6 Å². The standard InChI is InChI=1S/C16H20N2OS/c1-12-6-7-13(2)15(11-12)19-9-4-10-20-16-14(17)5-3-8-18-16/h3,5-8,11H,4,9-10,17H2,1-2H3. The van der Waals surface area contributed by atoms with E-state index in [9.17, 15) is 0 Å². The van der Waals surface area contributed by atoms with E-state index < -0.39 is 0 Å². The summed E-state index contributed by atoms with van der Waals surface area (Å²) in [7, 11) is 0. The van der Waals surface area contributed by atoms with E-state index in [2.05, 4.69) is 37.0 Å². The number of aryl methyl sites for hydroxylation is 2. The first-order chi connectivity index (χ1) is 9.66. The minimum atomic E-state index is 0.712. The van der Waals surface area contributed by atoms with E-state index in [-0.39, 0.29) is 0 Å². The zero-order chi connectivity index (χ0) is 14.4. The molecule has 0 aliphatic carbocycles. The third kappa shape index (κ3) is 4.17. The Hall–Kier alpha value is -1.68. The average Bonchev–Trinajstić information content (AvgIpc) is 2.44. The first kappa shape index (κ1) is 14.7. The summed E-state index contributed by atoms with van der Waals surface area (Å²) in [5.74, 6) is 1.93. The number of rotatable bonds is 6. The van der Waals surface area contributed by atoms with Crippen LogP contribution < -0.4 is 10.5 Å². The van der Waals surface area contributed by atoms with Gasteiger partial charge in [-0.15, -0.1) is 11.8 Å². The van der Waals surface area contributed by atoms with Crippen molar-refractivity contribution in [3.05, 3.63) is 47.7 Å². The minimum Gasteiger partial charge on any atom is -0.493 e. The van der Waals surface area contributed by atoms with Gasteiger partial charge in [-0.1, -0.05) is 12.1 Å². The van der Waals surface area contributed by atoms with Crippen LogP contribution in [0.4, 0.5) is 5.69 Å². The molecule has 0 aliphatic rings. The number of nitrogens with two attached hydrogens (primary N) is 1. The molecule has 1 aromatic heterocycles. The van der Waals surface area contributed by atoms with Crippen molar-refractivity contribution >= 4 is 17.4 Å². The van der Waals surface area contributed by atoms with Crippen LogP contribution in [0.15, 0.2) is 41.6 Å². The molecule has 0 amide bonds. The molecule has 2 N–H and O–H groups in total. The highest BCUT2D eigenvalue weighted by molar-refractivity contribution is 7.99. The quantitative estimate of drug-likeness (QED) is 0.648. The SMILES string of the molecule is Cc1ccc(C)c(OCCCSc2ncccc2N)c1. The maximum atomic E-state index is 5.85. The molecule has 4 heteroatoms. The number of pyridine rings is 1. The van der Waals surface area contributed by atoms with Crippen molar-refractivity contribution in [3.63, 3.8) is 0 Å². The van der Waals surface area contributed by atoms with E-state index in [4.69, 9.17) is 10.5 Å². The number of thioether (sulfide) groups is 1. The molecule has 106 valence electrons. The number of nitrogens with zero attached hydrogens (tertiary/aromatic N) is 1. The summed E-state index contributed by atoms with van der Waals surface area (Å²) in [6.45, 7) is 4.86. The van der Waals surface area contributed by atoms with Gasteiger partial charge in [-0.25, -0.2) is 4.98 Å². The Morgan fingerprint density at radius 1 is 1.25 bits per heavy atom. The van der Waals surface area contributed by atoms with E-state index in [0.717, 1.165) is 28.6 Å². The molecular weight excluding hydrogens is 268 g/mol. The van der Waals surface area contributed by atoms with Crippen LogP contribution in [0.2, 0.25) is 0 Å². The predicted octanol–water partition coefficient (Wildman–Crippen LogP) is 3.84. The van der Waals surface area contributed by atoms with Gasteiger partial charge in [0.25, 0.3) is 0 Å². The van der Waals surface area contributed by atoms with E-state index >= 15 is 0 Å². The van der Waals surface area contributed by atoms with Gasteiger partial charge in [0.2, 0.25) is 0 Å². The first-order valence-electron chi connectivity index (χ1n) is 6.70. The second-order valence-corrected chi connectivity index (χ2v) is 5.80. The molecule has 2 aromatic rings.